The molecule has 0 radical (unpaired) electrons. The second-order valence-electron chi connectivity index (χ2n) is 4.16. The van der Waals surface area contributed by atoms with Gasteiger partial charge in [-0.3, -0.25) is 0 Å². The molecule has 0 amide bonds. The van der Waals surface area contributed by atoms with E-state index in [2.05, 4.69) is 26.1 Å². The molecule has 0 bridgehead atoms. The number of nitrogens with one attached hydrogen (secondary N) is 1. The Bertz CT molecular complexity index is 118. The number of aliphatic hydroxyl groups excluding tert-OH is 1. The quantitative estimate of drug-likeness (QED) is 0.557. The highest BCUT2D eigenvalue weighted by Crippen LogP contribution is 2.05. The van der Waals surface area contributed by atoms with E-state index in [1.54, 1.807) is 0 Å². The third-order valence-electron chi connectivity index (χ3n) is 2.15. The minimum atomic E-state index is 0.114. The predicted octanol–water partition coefficient (Wildman–Crippen LogP) is 1.41. The van der Waals surface area contributed by atoms with E-state index in [1.807, 2.05) is 0 Å². The molecule has 0 aliphatic heterocycles. The lowest BCUT2D eigenvalue weighted by Gasteiger charge is -2.14. The molecule has 0 aliphatic rings. The van der Waals surface area contributed by atoms with Gasteiger partial charge in [-0.2, -0.15) is 0 Å². The Hall–Kier alpha value is -0.120. The summed E-state index contributed by atoms with van der Waals surface area (Å²) in [6, 6.07) is 0.565. The molecule has 3 heteroatoms. The lowest BCUT2D eigenvalue weighted by atomic mass is 10.0. The summed E-state index contributed by atoms with van der Waals surface area (Å²) in [6.07, 6.45) is 2.49. The Kier molecular flexibility index (Phi) is 9.35. The van der Waals surface area contributed by atoms with Gasteiger partial charge in [0, 0.05) is 12.6 Å². The Morgan fingerprint density at radius 1 is 1.14 bits per heavy atom. The topological polar surface area (TPSA) is 41.5 Å². The van der Waals surface area contributed by atoms with Gasteiger partial charge in [0.1, 0.15) is 0 Å². The van der Waals surface area contributed by atoms with Crippen LogP contribution in [0.25, 0.3) is 0 Å². The summed E-state index contributed by atoms with van der Waals surface area (Å²) in [6.45, 7) is 8.82. The van der Waals surface area contributed by atoms with Crippen LogP contribution in [0.5, 0.6) is 0 Å². The normalized spacial score (nSPS) is 13.5. The molecule has 0 saturated carbocycles. The summed E-state index contributed by atoms with van der Waals surface area (Å²) in [5, 5.41) is 11.9. The molecule has 0 fully saturated rings. The Balaban J connectivity index is 3.14. The molecule has 2 N–H and O–H groups in total. The van der Waals surface area contributed by atoms with Gasteiger partial charge >= 0.3 is 0 Å². The Morgan fingerprint density at radius 2 is 1.86 bits per heavy atom. The van der Waals surface area contributed by atoms with Crippen LogP contribution in [0.4, 0.5) is 0 Å². The van der Waals surface area contributed by atoms with Crippen molar-refractivity contribution in [2.75, 3.05) is 26.4 Å². The lowest BCUT2D eigenvalue weighted by molar-refractivity contribution is 0.0926. The lowest BCUT2D eigenvalue weighted by Crippen LogP contribution is -2.29. The van der Waals surface area contributed by atoms with Crippen LogP contribution in [0, 0.1) is 5.92 Å². The summed E-state index contributed by atoms with van der Waals surface area (Å²) in [4.78, 5) is 0. The van der Waals surface area contributed by atoms with E-state index in [0.717, 1.165) is 12.5 Å². The zero-order valence-electron chi connectivity index (χ0n) is 9.75. The van der Waals surface area contributed by atoms with Crippen molar-refractivity contribution in [1.82, 2.24) is 5.32 Å². The molecule has 0 aliphatic carbocycles. The van der Waals surface area contributed by atoms with Crippen LogP contribution >= 0.6 is 0 Å². The number of rotatable bonds is 9. The maximum absolute atomic E-state index is 8.47. The van der Waals surface area contributed by atoms with Gasteiger partial charge in [0.25, 0.3) is 0 Å². The van der Waals surface area contributed by atoms with Crippen molar-refractivity contribution in [2.24, 2.45) is 5.92 Å². The van der Waals surface area contributed by atoms with E-state index < -0.39 is 0 Å². The van der Waals surface area contributed by atoms with Crippen molar-refractivity contribution in [1.29, 1.82) is 0 Å². The molecule has 14 heavy (non-hydrogen) atoms. The Morgan fingerprint density at radius 3 is 2.43 bits per heavy atom. The van der Waals surface area contributed by atoms with Gasteiger partial charge in [0.2, 0.25) is 0 Å². The highest BCUT2D eigenvalue weighted by atomic mass is 16.5. The number of aliphatic hydroxyl groups is 1. The van der Waals surface area contributed by atoms with Gasteiger partial charge in [0.15, 0.2) is 0 Å². The molecule has 0 aromatic carbocycles. The zero-order valence-corrected chi connectivity index (χ0v) is 9.75. The van der Waals surface area contributed by atoms with Crippen LogP contribution in [0.15, 0.2) is 0 Å². The van der Waals surface area contributed by atoms with Gasteiger partial charge in [-0.05, 0) is 25.7 Å². The molecule has 0 aromatic rings. The molecule has 0 unspecified atom stereocenters. The molecule has 0 heterocycles. The first-order valence-corrected chi connectivity index (χ1v) is 5.58. The number of hydrogen-bond donors (Lipinski definition) is 2. The third-order valence-corrected chi connectivity index (χ3v) is 2.15. The van der Waals surface area contributed by atoms with Crippen molar-refractivity contribution in [2.45, 2.75) is 39.7 Å². The van der Waals surface area contributed by atoms with Gasteiger partial charge in [-0.1, -0.05) is 13.8 Å². The van der Waals surface area contributed by atoms with Gasteiger partial charge in [-0.25, -0.2) is 0 Å². The van der Waals surface area contributed by atoms with E-state index in [9.17, 15) is 0 Å². The van der Waals surface area contributed by atoms with Gasteiger partial charge in [-0.15, -0.1) is 0 Å². The first-order chi connectivity index (χ1) is 6.66. The summed E-state index contributed by atoms with van der Waals surface area (Å²) in [5.74, 6) is 0.782. The smallest absolute Gasteiger partial charge is 0.0698 e. The molecule has 86 valence electrons. The molecule has 0 saturated heterocycles. The predicted molar refractivity (Wildman–Crippen MR) is 59.4 cm³/mol. The van der Waals surface area contributed by atoms with E-state index in [1.165, 1.54) is 12.8 Å². The van der Waals surface area contributed by atoms with Crippen LogP contribution in [0.3, 0.4) is 0 Å². The van der Waals surface area contributed by atoms with E-state index in [4.69, 9.17) is 9.84 Å². The number of ether oxygens (including phenoxy) is 1. The molecule has 0 spiro atoms. The summed E-state index contributed by atoms with van der Waals surface area (Å²) in [5.41, 5.74) is 0. The molecule has 0 aromatic heterocycles. The van der Waals surface area contributed by atoms with Crippen LogP contribution in [-0.4, -0.2) is 37.5 Å². The first-order valence-electron chi connectivity index (χ1n) is 5.58. The second-order valence-corrected chi connectivity index (χ2v) is 4.16. The van der Waals surface area contributed by atoms with Gasteiger partial charge < -0.3 is 15.2 Å². The molecule has 3 nitrogen and oxygen atoms in total. The fourth-order valence-electron chi connectivity index (χ4n) is 1.23. The zero-order chi connectivity index (χ0) is 10.8. The standard InChI is InChI=1S/C11H25NO2/c1-10(2)4-5-11(3)12-6-8-14-9-7-13/h10-13H,4-9H2,1-3H3/t11-/m1/s1. The van der Waals surface area contributed by atoms with Crippen LogP contribution in [-0.2, 0) is 4.74 Å². The SMILES string of the molecule is CC(C)CC[C@@H](C)NCCOCCO. The summed E-state index contributed by atoms with van der Waals surface area (Å²) >= 11 is 0. The minimum Gasteiger partial charge on any atom is -0.394 e. The van der Waals surface area contributed by atoms with Crippen molar-refractivity contribution >= 4 is 0 Å². The van der Waals surface area contributed by atoms with E-state index >= 15 is 0 Å². The fraction of sp³-hybridized carbons (Fsp3) is 1.00. The minimum absolute atomic E-state index is 0.114. The highest BCUT2D eigenvalue weighted by Gasteiger charge is 2.02. The largest absolute Gasteiger partial charge is 0.394 e. The van der Waals surface area contributed by atoms with Crippen molar-refractivity contribution in [3.05, 3.63) is 0 Å². The summed E-state index contributed by atoms with van der Waals surface area (Å²) < 4.78 is 5.15. The van der Waals surface area contributed by atoms with E-state index in [-0.39, 0.29) is 6.61 Å². The number of hydrogen-bond acceptors (Lipinski definition) is 3. The average Bonchev–Trinajstić information content (AvgIpc) is 2.14. The fourth-order valence-corrected chi connectivity index (χ4v) is 1.23. The Labute approximate surface area is 87.8 Å². The van der Waals surface area contributed by atoms with Crippen LogP contribution in [0.2, 0.25) is 0 Å². The van der Waals surface area contributed by atoms with Crippen LogP contribution < -0.4 is 5.32 Å². The molecule has 0 rings (SSSR count). The average molecular weight is 203 g/mol. The second kappa shape index (κ2) is 9.44. The maximum atomic E-state index is 8.47. The summed E-state index contributed by atoms with van der Waals surface area (Å²) in [7, 11) is 0. The molecule has 1 atom stereocenters. The maximum Gasteiger partial charge on any atom is 0.0698 e. The van der Waals surface area contributed by atoms with Crippen molar-refractivity contribution < 1.29 is 9.84 Å². The molecular formula is C11H25NO2. The van der Waals surface area contributed by atoms with Crippen molar-refractivity contribution in [3.63, 3.8) is 0 Å². The van der Waals surface area contributed by atoms with Gasteiger partial charge in [0.05, 0.1) is 19.8 Å². The van der Waals surface area contributed by atoms with Crippen molar-refractivity contribution in [3.8, 4) is 0 Å². The van der Waals surface area contributed by atoms with E-state index in [0.29, 0.717) is 19.3 Å². The molecular weight excluding hydrogens is 178 g/mol. The monoisotopic (exact) mass is 203 g/mol. The highest BCUT2D eigenvalue weighted by molar-refractivity contribution is 4.61. The van der Waals surface area contributed by atoms with Crippen LogP contribution in [0.1, 0.15) is 33.6 Å². The first kappa shape index (κ1) is 13.9. The third kappa shape index (κ3) is 9.96.